The van der Waals surface area contributed by atoms with Gasteiger partial charge in [0, 0.05) is 42.0 Å². The van der Waals surface area contributed by atoms with E-state index in [1.165, 1.54) is 0 Å². The third kappa shape index (κ3) is 2.21. The summed E-state index contributed by atoms with van der Waals surface area (Å²) in [5, 5.41) is 0. The van der Waals surface area contributed by atoms with E-state index in [1.807, 2.05) is 6.20 Å². The number of nitrogens with zero attached hydrogens (tertiary/aromatic N) is 1. The highest BCUT2D eigenvalue weighted by Gasteiger charge is 2.64. The van der Waals surface area contributed by atoms with E-state index in [9.17, 15) is 4.79 Å². The van der Waals surface area contributed by atoms with Gasteiger partial charge in [-0.1, -0.05) is 20.8 Å². The normalized spacial score (nSPS) is 34.3. The number of fused-ring (bicyclic) bond motifs is 2. The molecule has 2 unspecified atom stereocenters. The SMILES string of the molecule is CC12CCC(C(=CN(CCCl)CCCl)C1=O)C2(C)C. The van der Waals surface area contributed by atoms with E-state index in [0.29, 0.717) is 23.5 Å². The van der Waals surface area contributed by atoms with Crippen LogP contribution in [0.25, 0.3) is 0 Å². The number of halogens is 2. The third-order valence-electron chi connectivity index (χ3n) is 5.43. The molecule has 0 aromatic carbocycles. The molecule has 2 atom stereocenters. The van der Waals surface area contributed by atoms with Crippen molar-refractivity contribution in [1.82, 2.24) is 4.90 Å². The average Bonchev–Trinajstić information content (AvgIpc) is 2.64. The first-order valence-electron chi connectivity index (χ1n) is 7.01. The lowest BCUT2D eigenvalue weighted by atomic mass is 9.70. The first-order chi connectivity index (χ1) is 8.88. The summed E-state index contributed by atoms with van der Waals surface area (Å²) in [6, 6.07) is 0. The molecule has 0 saturated heterocycles. The van der Waals surface area contributed by atoms with Crippen LogP contribution in [0, 0.1) is 16.7 Å². The van der Waals surface area contributed by atoms with Gasteiger partial charge in [-0.3, -0.25) is 4.79 Å². The van der Waals surface area contributed by atoms with Crippen molar-refractivity contribution in [1.29, 1.82) is 0 Å². The number of rotatable bonds is 5. The Morgan fingerprint density at radius 2 is 1.84 bits per heavy atom. The minimum absolute atomic E-state index is 0.0729. The second-order valence-electron chi connectivity index (χ2n) is 6.47. The molecule has 0 N–H and O–H groups in total. The van der Waals surface area contributed by atoms with E-state index >= 15 is 0 Å². The quantitative estimate of drug-likeness (QED) is 0.570. The zero-order chi connectivity index (χ0) is 14.3. The van der Waals surface area contributed by atoms with Gasteiger partial charge in [0.2, 0.25) is 0 Å². The molecule has 2 rings (SSSR count). The molecule has 0 aromatic heterocycles. The van der Waals surface area contributed by atoms with Crippen LogP contribution < -0.4 is 0 Å². The summed E-state index contributed by atoms with van der Waals surface area (Å²) in [5.41, 5.74) is 0.884. The maximum Gasteiger partial charge on any atom is 0.167 e. The molecular weight excluding hydrogens is 281 g/mol. The monoisotopic (exact) mass is 303 g/mol. The zero-order valence-corrected chi connectivity index (χ0v) is 13.5. The molecular formula is C15H23Cl2NO. The number of hydrogen-bond acceptors (Lipinski definition) is 2. The summed E-state index contributed by atoms with van der Waals surface area (Å²) in [5.74, 6) is 1.83. The Morgan fingerprint density at radius 3 is 2.26 bits per heavy atom. The molecule has 0 amide bonds. The van der Waals surface area contributed by atoms with Crippen molar-refractivity contribution < 1.29 is 4.79 Å². The molecule has 2 bridgehead atoms. The molecule has 0 heterocycles. The molecule has 2 fully saturated rings. The van der Waals surface area contributed by atoms with Crippen LogP contribution in [0.5, 0.6) is 0 Å². The van der Waals surface area contributed by atoms with E-state index in [-0.39, 0.29) is 10.8 Å². The minimum atomic E-state index is -0.183. The second kappa shape index (κ2) is 5.29. The maximum atomic E-state index is 12.7. The molecule has 2 nitrogen and oxygen atoms in total. The zero-order valence-electron chi connectivity index (χ0n) is 12.0. The minimum Gasteiger partial charge on any atom is -0.375 e. The Kier molecular flexibility index (Phi) is 4.23. The van der Waals surface area contributed by atoms with Gasteiger partial charge in [0.15, 0.2) is 5.78 Å². The largest absolute Gasteiger partial charge is 0.375 e. The maximum absolute atomic E-state index is 12.7. The Balaban J connectivity index is 2.29. The predicted octanol–water partition coefficient (Wildman–Crippen LogP) is 3.68. The fourth-order valence-electron chi connectivity index (χ4n) is 3.73. The van der Waals surface area contributed by atoms with E-state index in [2.05, 4.69) is 25.7 Å². The molecule has 108 valence electrons. The van der Waals surface area contributed by atoms with Crippen molar-refractivity contribution in [2.24, 2.45) is 16.7 Å². The van der Waals surface area contributed by atoms with Crippen LogP contribution in [0.2, 0.25) is 0 Å². The van der Waals surface area contributed by atoms with Gasteiger partial charge in [0.05, 0.1) is 0 Å². The van der Waals surface area contributed by atoms with Crippen LogP contribution in [0.4, 0.5) is 0 Å². The Bertz CT molecular complexity index is 399. The van der Waals surface area contributed by atoms with Crippen LogP contribution in [0.3, 0.4) is 0 Å². The molecule has 2 aliphatic rings. The van der Waals surface area contributed by atoms with Gasteiger partial charge in [0.1, 0.15) is 0 Å². The highest BCUT2D eigenvalue weighted by Crippen LogP contribution is 2.65. The van der Waals surface area contributed by atoms with E-state index in [1.54, 1.807) is 0 Å². The number of hydrogen-bond donors (Lipinski definition) is 0. The summed E-state index contributed by atoms with van der Waals surface area (Å²) < 4.78 is 0. The van der Waals surface area contributed by atoms with Gasteiger partial charge in [0.25, 0.3) is 0 Å². The molecule has 0 aromatic rings. The molecule has 0 radical (unpaired) electrons. The van der Waals surface area contributed by atoms with Crippen LogP contribution in [-0.2, 0) is 4.79 Å². The van der Waals surface area contributed by atoms with Crippen molar-refractivity contribution in [3.05, 3.63) is 11.8 Å². The first-order valence-corrected chi connectivity index (χ1v) is 8.08. The van der Waals surface area contributed by atoms with Gasteiger partial charge in [-0.2, -0.15) is 0 Å². The van der Waals surface area contributed by atoms with Crippen molar-refractivity contribution in [3.63, 3.8) is 0 Å². The van der Waals surface area contributed by atoms with Crippen molar-refractivity contribution in [2.75, 3.05) is 24.8 Å². The van der Waals surface area contributed by atoms with E-state index in [4.69, 9.17) is 23.2 Å². The van der Waals surface area contributed by atoms with Gasteiger partial charge in [-0.25, -0.2) is 0 Å². The smallest absolute Gasteiger partial charge is 0.167 e. The standard InChI is InChI=1S/C15H23Cl2NO/c1-14(2)12-4-5-15(14,3)13(19)11(12)10-18(8-6-16)9-7-17/h10,12H,4-9H2,1-3H3. The van der Waals surface area contributed by atoms with Crippen LogP contribution in [0.15, 0.2) is 11.8 Å². The van der Waals surface area contributed by atoms with Gasteiger partial charge >= 0.3 is 0 Å². The first kappa shape index (κ1) is 15.2. The Morgan fingerprint density at radius 1 is 1.26 bits per heavy atom. The lowest BCUT2D eigenvalue weighted by molar-refractivity contribution is -0.125. The molecule has 4 heteroatoms. The van der Waals surface area contributed by atoms with Crippen molar-refractivity contribution in [2.45, 2.75) is 33.6 Å². The number of ketones is 1. The van der Waals surface area contributed by atoms with E-state index < -0.39 is 0 Å². The summed E-state index contributed by atoms with van der Waals surface area (Å²) in [7, 11) is 0. The fourth-order valence-corrected chi connectivity index (χ4v) is 4.17. The fraction of sp³-hybridized carbons (Fsp3) is 0.800. The highest BCUT2D eigenvalue weighted by molar-refractivity contribution is 6.18. The summed E-state index contributed by atoms with van der Waals surface area (Å²) in [4.78, 5) is 14.8. The molecule has 19 heavy (non-hydrogen) atoms. The Hall–Kier alpha value is -0.210. The summed E-state index contributed by atoms with van der Waals surface area (Å²) >= 11 is 11.6. The highest BCUT2D eigenvalue weighted by atomic mass is 35.5. The number of alkyl halides is 2. The van der Waals surface area contributed by atoms with Gasteiger partial charge in [-0.15, -0.1) is 23.2 Å². The van der Waals surface area contributed by atoms with Crippen molar-refractivity contribution >= 4 is 29.0 Å². The van der Waals surface area contributed by atoms with E-state index in [0.717, 1.165) is 31.5 Å². The average molecular weight is 304 g/mol. The third-order valence-corrected chi connectivity index (χ3v) is 5.77. The molecule has 0 spiro atoms. The lowest BCUT2D eigenvalue weighted by Gasteiger charge is -2.31. The van der Waals surface area contributed by atoms with Crippen molar-refractivity contribution in [3.8, 4) is 0 Å². The van der Waals surface area contributed by atoms with Crippen LogP contribution in [0.1, 0.15) is 33.6 Å². The summed E-state index contributed by atoms with van der Waals surface area (Å²) in [6.45, 7) is 8.08. The summed E-state index contributed by atoms with van der Waals surface area (Å²) in [6.07, 6.45) is 4.17. The van der Waals surface area contributed by atoms with Crippen LogP contribution in [-0.4, -0.2) is 35.5 Å². The lowest BCUT2D eigenvalue weighted by Crippen LogP contribution is -2.32. The van der Waals surface area contributed by atoms with Gasteiger partial charge < -0.3 is 4.90 Å². The topological polar surface area (TPSA) is 20.3 Å². The van der Waals surface area contributed by atoms with Crippen LogP contribution >= 0.6 is 23.2 Å². The van der Waals surface area contributed by atoms with Gasteiger partial charge in [-0.05, 0) is 24.2 Å². The molecule has 2 saturated carbocycles. The second-order valence-corrected chi connectivity index (χ2v) is 7.23. The number of Topliss-reactive ketones (excluding diaryl/α,β-unsaturated/α-hetero) is 1. The number of allylic oxidation sites excluding steroid dienone is 1. The molecule has 2 aliphatic carbocycles. The molecule has 0 aliphatic heterocycles. The Labute approximate surface area is 126 Å². The number of carbonyl (C=O) groups excluding carboxylic acids is 1. The predicted molar refractivity (Wildman–Crippen MR) is 80.7 cm³/mol. The number of carbonyl (C=O) groups is 1.